The molecule has 0 aromatic heterocycles. The van der Waals surface area contributed by atoms with Crippen molar-refractivity contribution in [2.75, 3.05) is 0 Å². The monoisotopic (exact) mass is 214 g/mol. The molecule has 0 aliphatic carbocycles. The molecule has 0 fully saturated rings. The molecule has 0 saturated heterocycles. The zero-order valence-electron chi connectivity index (χ0n) is 6.22. The van der Waals surface area contributed by atoms with Crippen LogP contribution in [-0.4, -0.2) is 11.9 Å². The summed E-state index contributed by atoms with van der Waals surface area (Å²) in [5.41, 5.74) is 0. The minimum atomic E-state index is -1.14. The molecule has 0 atom stereocenters. The number of halogens is 2. The fourth-order valence-corrected chi connectivity index (χ4v) is 0.539. The highest BCUT2D eigenvalue weighted by atomic mass is 35.5. The molecule has 0 aromatic carbocycles. The number of carbonyl (C=O) groups excluding carboxylic acids is 2. The van der Waals surface area contributed by atoms with Gasteiger partial charge in [0.2, 0.25) is 0 Å². The summed E-state index contributed by atoms with van der Waals surface area (Å²) in [6.07, 6.45) is 0.535. The fraction of sp³-hybridized carbons (Fsp3) is 0.667. The fourth-order valence-electron chi connectivity index (χ4n) is 0.539. The van der Waals surface area contributed by atoms with E-state index in [-0.39, 0.29) is 37.7 Å². The smallest absolute Gasteiger partial charge is 0.0414 e. The lowest BCUT2D eigenvalue weighted by Gasteiger charge is -2.01. The zero-order valence-corrected chi connectivity index (χ0v) is 7.73. The maximum atomic E-state index is 9.77. The van der Waals surface area contributed by atoms with E-state index in [4.69, 9.17) is 0 Å². The van der Waals surface area contributed by atoms with Crippen LogP contribution in [0.25, 0.3) is 0 Å². The van der Waals surface area contributed by atoms with Crippen molar-refractivity contribution in [3.8, 4) is 0 Å². The Labute approximate surface area is 82.8 Å². The summed E-state index contributed by atoms with van der Waals surface area (Å²) in [6.45, 7) is 0. The average Bonchev–Trinajstić information content (AvgIpc) is 1.79. The zero-order chi connectivity index (χ0) is 7.98. The predicted octanol–water partition coefficient (Wildman–Crippen LogP) is -7.95. The highest BCUT2D eigenvalue weighted by molar-refractivity contribution is 5.65. The molecule has 0 amide bonds. The number of rotatable bonds is 5. The van der Waals surface area contributed by atoms with Gasteiger partial charge < -0.3 is 44.6 Å². The molecule has 0 aliphatic rings. The van der Waals surface area contributed by atoms with Crippen molar-refractivity contribution in [3.63, 3.8) is 0 Å². The molecule has 6 heteroatoms. The quantitative estimate of drug-likeness (QED) is 0.426. The van der Waals surface area contributed by atoms with Gasteiger partial charge in [-0.25, -0.2) is 0 Å². The molecule has 0 saturated carbocycles. The van der Waals surface area contributed by atoms with Gasteiger partial charge in [0, 0.05) is 11.9 Å². The Bertz CT molecular complexity index is 122. The first-order valence-electron chi connectivity index (χ1n) is 3.02. The third-order valence-electron chi connectivity index (χ3n) is 1.01. The highest BCUT2D eigenvalue weighted by Gasteiger charge is 1.89. The lowest BCUT2D eigenvalue weighted by atomic mass is 10.2. The van der Waals surface area contributed by atoms with Crippen molar-refractivity contribution >= 4 is 11.9 Å². The topological polar surface area (TPSA) is 80.3 Å². The van der Waals surface area contributed by atoms with Crippen LogP contribution in [0.1, 0.15) is 25.7 Å². The van der Waals surface area contributed by atoms with E-state index in [1.54, 1.807) is 0 Å². The first-order chi connectivity index (χ1) is 4.63. The van der Waals surface area contributed by atoms with Gasteiger partial charge in [-0.05, 0) is 25.7 Å². The summed E-state index contributed by atoms with van der Waals surface area (Å²) in [5, 5.41) is 19.5. The number of carboxylic acid groups (broad SMARTS) is 2. The summed E-state index contributed by atoms with van der Waals surface area (Å²) in [6, 6.07) is 0. The number of aliphatic carboxylic acids is 2. The highest BCUT2D eigenvalue weighted by Crippen LogP contribution is 1.96. The largest absolute Gasteiger partial charge is 1.00 e. The van der Waals surface area contributed by atoms with Crippen molar-refractivity contribution in [1.82, 2.24) is 0 Å². The molecule has 0 N–H and O–H groups in total. The molecule has 0 aliphatic heterocycles. The number of carboxylic acids is 2. The van der Waals surface area contributed by atoms with E-state index in [0.29, 0.717) is 12.8 Å². The van der Waals surface area contributed by atoms with Gasteiger partial charge >= 0.3 is 0 Å². The van der Waals surface area contributed by atoms with E-state index in [9.17, 15) is 19.8 Å². The van der Waals surface area contributed by atoms with Gasteiger partial charge in [0.05, 0.1) is 0 Å². The van der Waals surface area contributed by atoms with Gasteiger partial charge in [-0.2, -0.15) is 0 Å². The van der Waals surface area contributed by atoms with Crippen LogP contribution in [0.2, 0.25) is 0 Å². The maximum absolute atomic E-state index is 9.77. The normalized spacial score (nSPS) is 7.67. The Morgan fingerprint density at radius 3 is 1.25 bits per heavy atom. The lowest BCUT2D eigenvalue weighted by Crippen LogP contribution is -3.00. The third kappa shape index (κ3) is 16.3. The van der Waals surface area contributed by atoms with Crippen LogP contribution in [-0.2, 0) is 9.59 Å². The first-order valence-corrected chi connectivity index (χ1v) is 3.02. The summed E-state index contributed by atoms with van der Waals surface area (Å²) in [7, 11) is 0. The molecular weight excluding hydrogens is 207 g/mol. The number of carbonyl (C=O) groups is 2. The number of unbranched alkanes of at least 4 members (excludes halogenated alkanes) is 1. The van der Waals surface area contributed by atoms with Crippen LogP contribution >= 0.6 is 0 Å². The van der Waals surface area contributed by atoms with Crippen LogP contribution in [0.3, 0.4) is 0 Å². The van der Waals surface area contributed by atoms with Crippen LogP contribution in [0, 0.1) is 0 Å². The molecule has 0 heterocycles. The SMILES string of the molecule is O=C([O-])CCCCC(=O)[O-].[Cl-].[Cl-]. The van der Waals surface area contributed by atoms with E-state index in [2.05, 4.69) is 0 Å². The van der Waals surface area contributed by atoms with Crippen LogP contribution in [0.5, 0.6) is 0 Å². The molecule has 0 radical (unpaired) electrons. The Morgan fingerprint density at radius 2 is 1.08 bits per heavy atom. The Hall–Kier alpha value is -0.480. The van der Waals surface area contributed by atoms with Gasteiger partial charge in [0.1, 0.15) is 0 Å². The van der Waals surface area contributed by atoms with Gasteiger partial charge in [0.25, 0.3) is 0 Å². The molecule has 74 valence electrons. The van der Waals surface area contributed by atoms with Crippen molar-refractivity contribution in [2.24, 2.45) is 0 Å². The van der Waals surface area contributed by atoms with Gasteiger partial charge in [0.15, 0.2) is 0 Å². The summed E-state index contributed by atoms with van der Waals surface area (Å²) < 4.78 is 0. The van der Waals surface area contributed by atoms with E-state index >= 15 is 0 Å². The second kappa shape index (κ2) is 10.5. The average molecular weight is 215 g/mol. The minimum absolute atomic E-state index is 0. The van der Waals surface area contributed by atoms with Gasteiger partial charge in [-0.3, -0.25) is 0 Å². The predicted molar refractivity (Wildman–Crippen MR) is 28.5 cm³/mol. The van der Waals surface area contributed by atoms with Crippen molar-refractivity contribution < 1.29 is 44.6 Å². The second-order valence-corrected chi connectivity index (χ2v) is 1.95. The molecule has 0 unspecified atom stereocenters. The summed E-state index contributed by atoms with van der Waals surface area (Å²) in [4.78, 5) is 19.5. The van der Waals surface area contributed by atoms with E-state index in [0.717, 1.165) is 0 Å². The van der Waals surface area contributed by atoms with Crippen molar-refractivity contribution in [3.05, 3.63) is 0 Å². The standard InChI is InChI=1S/C6H10O4.2ClH/c7-5(8)3-1-2-4-6(9)10;;/h1-4H2,(H,7,8)(H,9,10);2*1H/p-4. The molecular formula is C6H8Cl2O4-4. The second-order valence-electron chi connectivity index (χ2n) is 1.95. The minimum Gasteiger partial charge on any atom is -1.00 e. The number of hydrogen-bond donors (Lipinski definition) is 0. The van der Waals surface area contributed by atoms with Crippen LogP contribution in [0.4, 0.5) is 0 Å². The Balaban J connectivity index is -0.000000405. The lowest BCUT2D eigenvalue weighted by molar-refractivity contribution is -0.308. The van der Waals surface area contributed by atoms with Crippen molar-refractivity contribution in [1.29, 1.82) is 0 Å². The third-order valence-corrected chi connectivity index (χ3v) is 1.01. The Morgan fingerprint density at radius 1 is 0.833 bits per heavy atom. The molecule has 0 spiro atoms. The van der Waals surface area contributed by atoms with E-state index < -0.39 is 11.9 Å². The van der Waals surface area contributed by atoms with Crippen molar-refractivity contribution in [2.45, 2.75) is 25.7 Å². The van der Waals surface area contributed by atoms with Crippen LogP contribution in [0.15, 0.2) is 0 Å². The number of hydrogen-bond acceptors (Lipinski definition) is 4. The molecule has 0 bridgehead atoms. The van der Waals surface area contributed by atoms with Gasteiger partial charge in [-0.15, -0.1) is 0 Å². The molecule has 0 rings (SSSR count). The van der Waals surface area contributed by atoms with Crippen LogP contribution < -0.4 is 35.0 Å². The molecule has 0 aromatic rings. The first kappa shape index (κ1) is 17.6. The van der Waals surface area contributed by atoms with E-state index in [1.807, 2.05) is 0 Å². The summed E-state index contributed by atoms with van der Waals surface area (Å²) in [5.74, 6) is -2.28. The molecule has 12 heavy (non-hydrogen) atoms. The summed E-state index contributed by atoms with van der Waals surface area (Å²) >= 11 is 0. The van der Waals surface area contributed by atoms with E-state index in [1.165, 1.54) is 0 Å². The maximum Gasteiger partial charge on any atom is 0.0414 e. The van der Waals surface area contributed by atoms with Gasteiger partial charge in [-0.1, -0.05) is 0 Å². The molecule has 4 nitrogen and oxygen atoms in total. The Kier molecular flexibility index (Phi) is 15.4.